The fourth-order valence-corrected chi connectivity index (χ4v) is 1.87. The first-order chi connectivity index (χ1) is 7.72. The molecule has 0 bridgehead atoms. The minimum Gasteiger partial charge on any atom is -0.469 e. The van der Waals surface area contributed by atoms with Gasteiger partial charge in [-0.05, 0) is 18.6 Å². The third-order valence-electron chi connectivity index (χ3n) is 1.65. The van der Waals surface area contributed by atoms with Gasteiger partial charge < -0.3 is 4.74 Å². The fraction of sp³-hybridized carbons (Fsp3) is 0.500. The maximum absolute atomic E-state index is 10.8. The molecule has 0 aromatic carbocycles. The molecule has 0 radical (unpaired) electrons. The molecule has 0 aliphatic heterocycles. The van der Waals surface area contributed by atoms with Gasteiger partial charge in [0.2, 0.25) is 0 Å². The highest BCUT2D eigenvalue weighted by atomic mass is 32.2. The number of methoxy groups -OCH3 is 1. The van der Waals surface area contributed by atoms with Crippen LogP contribution in [0.1, 0.15) is 25.8 Å². The van der Waals surface area contributed by atoms with Crippen molar-refractivity contribution in [1.29, 1.82) is 0 Å². The normalized spacial score (nSPS) is 9.00. The van der Waals surface area contributed by atoms with Gasteiger partial charge in [0.25, 0.3) is 0 Å². The monoisotopic (exact) mass is 241 g/mol. The van der Waals surface area contributed by atoms with Gasteiger partial charge in [-0.15, -0.1) is 11.8 Å². The molecule has 16 heavy (non-hydrogen) atoms. The van der Waals surface area contributed by atoms with Gasteiger partial charge >= 0.3 is 5.97 Å². The molecule has 0 saturated heterocycles. The van der Waals surface area contributed by atoms with Crippen LogP contribution in [0.5, 0.6) is 0 Å². The predicted molar refractivity (Wildman–Crippen MR) is 67.7 cm³/mol. The van der Waals surface area contributed by atoms with E-state index in [9.17, 15) is 4.79 Å². The lowest BCUT2D eigenvalue weighted by atomic mass is 10.3. The second kappa shape index (κ2) is 9.21. The molecule has 1 aromatic rings. The van der Waals surface area contributed by atoms with E-state index in [1.165, 1.54) is 7.11 Å². The average molecular weight is 241 g/mol. The van der Waals surface area contributed by atoms with Crippen molar-refractivity contribution >= 4 is 17.7 Å². The van der Waals surface area contributed by atoms with Crippen molar-refractivity contribution in [3.8, 4) is 0 Å². The number of carbonyl (C=O) groups excluding carboxylic acids is 1. The minimum absolute atomic E-state index is 0.168. The highest BCUT2D eigenvalue weighted by Crippen LogP contribution is 2.18. The van der Waals surface area contributed by atoms with Crippen LogP contribution in [0, 0.1) is 6.92 Å². The van der Waals surface area contributed by atoms with Crippen LogP contribution in [-0.2, 0) is 9.53 Å². The number of thioether (sulfide) groups is 1. The first-order valence-electron chi connectivity index (χ1n) is 5.33. The molecule has 3 nitrogen and oxygen atoms in total. The summed E-state index contributed by atoms with van der Waals surface area (Å²) < 4.78 is 4.54. The summed E-state index contributed by atoms with van der Waals surface area (Å²) in [5.41, 5.74) is 1.13. The van der Waals surface area contributed by atoms with Crippen LogP contribution in [0.2, 0.25) is 0 Å². The average Bonchev–Trinajstić information content (AvgIpc) is 2.31. The number of nitrogens with zero attached hydrogens (tertiary/aromatic N) is 1. The number of ether oxygens (including phenoxy) is 1. The van der Waals surface area contributed by atoms with E-state index < -0.39 is 0 Å². The molecule has 1 rings (SSSR count). The zero-order valence-electron chi connectivity index (χ0n) is 10.3. The van der Waals surface area contributed by atoms with Crippen molar-refractivity contribution in [3.05, 3.63) is 24.0 Å². The Morgan fingerprint density at radius 1 is 1.44 bits per heavy atom. The molecule has 0 aliphatic rings. The molecule has 0 amide bonds. The molecule has 0 aliphatic carbocycles. The van der Waals surface area contributed by atoms with Crippen LogP contribution in [-0.4, -0.2) is 23.8 Å². The maximum Gasteiger partial charge on any atom is 0.306 e. The summed E-state index contributed by atoms with van der Waals surface area (Å²) in [7, 11) is 1.40. The number of hydrogen-bond donors (Lipinski definition) is 0. The smallest absolute Gasteiger partial charge is 0.306 e. The number of rotatable bonds is 4. The number of esters is 1. The number of aryl methyl sites for hydroxylation is 1. The first kappa shape index (κ1) is 15.0. The van der Waals surface area contributed by atoms with Crippen molar-refractivity contribution in [3.63, 3.8) is 0 Å². The Hall–Kier alpha value is -1.03. The third kappa shape index (κ3) is 6.45. The van der Waals surface area contributed by atoms with Crippen molar-refractivity contribution in [1.82, 2.24) is 4.98 Å². The zero-order chi connectivity index (χ0) is 12.4. The summed E-state index contributed by atoms with van der Waals surface area (Å²) in [4.78, 5) is 16.0. The van der Waals surface area contributed by atoms with E-state index in [2.05, 4.69) is 15.8 Å². The van der Waals surface area contributed by atoms with Gasteiger partial charge in [-0.1, -0.05) is 13.8 Å². The molecule has 0 unspecified atom stereocenters. The van der Waals surface area contributed by atoms with Crippen LogP contribution in [0.25, 0.3) is 0 Å². The molecule has 1 aromatic heterocycles. The molecule has 90 valence electrons. The van der Waals surface area contributed by atoms with Crippen molar-refractivity contribution in [2.45, 2.75) is 32.1 Å². The van der Waals surface area contributed by atoms with E-state index >= 15 is 0 Å². The standard InChI is InChI=1S/C10H13NO2S.C2H6/c1-8-5-9(7-11-6-8)14-4-3-10(12)13-2;1-2/h5-7H,3-4H2,1-2H3;1-2H3. The number of aromatic nitrogens is 1. The van der Waals surface area contributed by atoms with Crippen LogP contribution in [0.3, 0.4) is 0 Å². The van der Waals surface area contributed by atoms with E-state index in [0.29, 0.717) is 6.42 Å². The minimum atomic E-state index is -0.168. The van der Waals surface area contributed by atoms with Crippen LogP contribution in [0.15, 0.2) is 23.4 Å². The van der Waals surface area contributed by atoms with Crippen LogP contribution < -0.4 is 0 Å². The lowest BCUT2D eigenvalue weighted by molar-refractivity contribution is -0.140. The highest BCUT2D eigenvalue weighted by Gasteiger charge is 2.00. The summed E-state index contributed by atoms with van der Waals surface area (Å²) >= 11 is 1.61. The number of hydrogen-bond acceptors (Lipinski definition) is 4. The lowest BCUT2D eigenvalue weighted by Gasteiger charge is -2.01. The largest absolute Gasteiger partial charge is 0.469 e. The zero-order valence-corrected chi connectivity index (χ0v) is 11.1. The van der Waals surface area contributed by atoms with Gasteiger partial charge in [0.1, 0.15) is 0 Å². The van der Waals surface area contributed by atoms with Gasteiger partial charge in [-0.25, -0.2) is 0 Å². The van der Waals surface area contributed by atoms with E-state index in [1.807, 2.05) is 27.0 Å². The molecule has 0 fully saturated rings. The van der Waals surface area contributed by atoms with Gasteiger partial charge in [-0.3, -0.25) is 9.78 Å². The number of pyridine rings is 1. The molecule has 4 heteroatoms. The summed E-state index contributed by atoms with van der Waals surface area (Å²) in [6.07, 6.45) is 4.05. The molecule has 0 saturated carbocycles. The fourth-order valence-electron chi connectivity index (χ4n) is 0.960. The molecule has 0 spiro atoms. The topological polar surface area (TPSA) is 39.2 Å². The Bertz CT molecular complexity index is 316. The first-order valence-corrected chi connectivity index (χ1v) is 6.32. The Labute approximate surface area is 102 Å². The predicted octanol–water partition coefficient (Wildman–Crippen LogP) is 3.07. The second-order valence-corrected chi connectivity index (χ2v) is 4.04. The van der Waals surface area contributed by atoms with Crippen molar-refractivity contribution in [2.24, 2.45) is 0 Å². The number of carbonyl (C=O) groups is 1. The van der Waals surface area contributed by atoms with E-state index in [1.54, 1.807) is 18.0 Å². The molecule has 0 N–H and O–H groups in total. The van der Waals surface area contributed by atoms with Gasteiger partial charge in [0.05, 0.1) is 13.5 Å². The van der Waals surface area contributed by atoms with E-state index in [4.69, 9.17) is 0 Å². The van der Waals surface area contributed by atoms with Gasteiger partial charge in [-0.2, -0.15) is 0 Å². The molecule has 1 heterocycles. The molecular weight excluding hydrogens is 222 g/mol. The summed E-state index contributed by atoms with van der Waals surface area (Å²) in [6.45, 7) is 6.00. The Kier molecular flexibility index (Phi) is 8.62. The van der Waals surface area contributed by atoms with Crippen molar-refractivity contribution < 1.29 is 9.53 Å². The lowest BCUT2D eigenvalue weighted by Crippen LogP contribution is -2.00. The van der Waals surface area contributed by atoms with Crippen LogP contribution in [0.4, 0.5) is 0 Å². The summed E-state index contributed by atoms with van der Waals surface area (Å²) in [5.74, 6) is 0.566. The van der Waals surface area contributed by atoms with Gasteiger partial charge in [0.15, 0.2) is 0 Å². The van der Waals surface area contributed by atoms with Crippen molar-refractivity contribution in [2.75, 3.05) is 12.9 Å². The quantitative estimate of drug-likeness (QED) is 0.600. The van der Waals surface area contributed by atoms with Crippen LogP contribution >= 0.6 is 11.8 Å². The van der Waals surface area contributed by atoms with E-state index in [0.717, 1.165) is 16.2 Å². The molecular formula is C12H19NO2S. The summed E-state index contributed by atoms with van der Waals surface area (Å²) in [6, 6.07) is 2.05. The Balaban J connectivity index is 0.00000106. The second-order valence-electron chi connectivity index (χ2n) is 2.87. The third-order valence-corrected chi connectivity index (χ3v) is 2.62. The molecule has 0 atom stereocenters. The SMILES string of the molecule is CC.COC(=O)CCSc1cncc(C)c1. The summed E-state index contributed by atoms with van der Waals surface area (Å²) in [5, 5.41) is 0. The maximum atomic E-state index is 10.8. The Morgan fingerprint density at radius 2 is 2.12 bits per heavy atom. The Morgan fingerprint density at radius 3 is 2.69 bits per heavy atom. The van der Waals surface area contributed by atoms with E-state index in [-0.39, 0.29) is 5.97 Å². The highest BCUT2D eigenvalue weighted by molar-refractivity contribution is 7.99. The van der Waals surface area contributed by atoms with Gasteiger partial charge in [0, 0.05) is 23.0 Å².